The van der Waals surface area contributed by atoms with E-state index in [0.29, 0.717) is 18.7 Å². The molecule has 6 heterocycles. The lowest BCUT2D eigenvalue weighted by molar-refractivity contribution is 0.0657. The SMILES string of the molecule is CN1CCN(C(=O)c2ccc3cc(CCN)ccc3c2)CC1.CN1CCN(C(=O)c2ccc3cc(CCNc4ccnc5ccc(I)cc45)ccc3c2)CC1.CN1CCN(C(=O)c2ccc3cc(CCO)ccc3c2)CC1.[C-]#[N+]c1ccc2nccc(NCCc3ccc4cc(C(=O)N5CCN(C)CC5)ccc4c3)c2c1. The highest BCUT2D eigenvalue weighted by Crippen LogP contribution is 2.30. The number of halogens is 1. The van der Waals surface area contributed by atoms with Crippen LogP contribution in [0.5, 0.6) is 0 Å². The molecule has 0 unspecified atom stereocenters. The number of rotatable bonds is 16. The first kappa shape index (κ1) is 78.6. The van der Waals surface area contributed by atoms with Crippen LogP contribution in [-0.4, -0.2) is 237 Å². The minimum absolute atomic E-state index is 0.120. The predicted molar refractivity (Wildman–Crippen MR) is 460 cm³/mol. The average Bonchev–Trinajstić information content (AvgIpc) is 0.855. The van der Waals surface area contributed by atoms with E-state index >= 15 is 0 Å². The molecule has 16 rings (SSSR count). The van der Waals surface area contributed by atoms with Gasteiger partial charge in [-0.15, -0.1) is 0 Å². The Morgan fingerprint density at radius 2 is 0.694 bits per heavy atom. The van der Waals surface area contributed by atoms with Gasteiger partial charge in [-0.2, -0.15) is 0 Å². The number of fused-ring (bicyclic) bond motifs is 6. The molecule has 0 aliphatic carbocycles. The molecule has 4 fully saturated rings. The van der Waals surface area contributed by atoms with Crippen molar-refractivity contribution in [2.45, 2.75) is 25.7 Å². The molecule has 4 amide bonds. The Morgan fingerprint density at radius 3 is 1.03 bits per heavy atom. The number of likely N-dealkylation sites (N-methyl/N-ethyl adjacent to an activating group) is 4. The fraction of sp³-hybridized carbons (Fsp3) is 0.308. The highest BCUT2D eigenvalue weighted by molar-refractivity contribution is 14.1. The monoisotopic (exact) mass is 1590 g/mol. The van der Waals surface area contributed by atoms with Crippen molar-refractivity contribution in [3.8, 4) is 0 Å². The summed E-state index contributed by atoms with van der Waals surface area (Å²) in [4.78, 5) is 80.2. The molecular weight excluding hydrogens is 1500 g/mol. The average molecular weight is 1600 g/mol. The molecule has 0 bridgehead atoms. The number of aromatic nitrogens is 2. The van der Waals surface area contributed by atoms with E-state index in [2.05, 4.69) is 187 Å². The first-order valence-electron chi connectivity index (χ1n) is 38.6. The molecule has 0 saturated carbocycles. The number of hydrogen-bond donors (Lipinski definition) is 4. The van der Waals surface area contributed by atoms with Crippen molar-refractivity contribution in [1.82, 2.24) is 49.2 Å². The maximum atomic E-state index is 12.9. The quantitative estimate of drug-likeness (QED) is 0.0527. The molecule has 111 heavy (non-hydrogen) atoms. The second-order valence-electron chi connectivity index (χ2n) is 29.5. The third kappa shape index (κ3) is 20.4. The van der Waals surface area contributed by atoms with Crippen LogP contribution in [0.4, 0.5) is 17.1 Å². The summed E-state index contributed by atoms with van der Waals surface area (Å²) in [6.45, 7) is 23.5. The topological polar surface area (TPSA) is 195 Å². The van der Waals surface area contributed by atoms with Crippen LogP contribution >= 0.6 is 22.6 Å². The van der Waals surface area contributed by atoms with Crippen LogP contribution in [0.1, 0.15) is 63.7 Å². The number of piperazine rings is 4. The minimum Gasteiger partial charge on any atom is -0.396 e. The van der Waals surface area contributed by atoms with Crippen LogP contribution in [0.15, 0.2) is 207 Å². The smallest absolute Gasteiger partial charge is 0.253 e. The van der Waals surface area contributed by atoms with E-state index in [0.717, 1.165) is 230 Å². The molecule has 0 atom stereocenters. The van der Waals surface area contributed by atoms with Gasteiger partial charge in [0.15, 0.2) is 5.69 Å². The Bertz CT molecular complexity index is 5230. The first-order chi connectivity index (χ1) is 54.0. The van der Waals surface area contributed by atoms with Crippen molar-refractivity contribution in [2.24, 2.45) is 5.73 Å². The molecule has 570 valence electrons. The highest BCUT2D eigenvalue weighted by atomic mass is 127. The summed E-state index contributed by atoms with van der Waals surface area (Å²) in [5.41, 5.74) is 18.2. The summed E-state index contributed by atoms with van der Waals surface area (Å²) in [5.74, 6) is 0.516. The standard InChI is InChI=1S/C28H27N5O.C27H27IN4O.C18H23N3O.C18H22N2O2/c1-29-24-7-8-26-25(19-24)27(10-12-31-26)30-11-9-20-3-4-22-18-23(6-5-21(22)17-20)28(34)33-15-13-32(2)14-16-33;1-31-12-14-32(15-13-31)27(33)22-5-4-20-16-19(2-3-21(20)17-22)8-10-29-26-9-11-30-25-7-6-23(28)18-24(25)26;1-20-8-10-21(11-9-20)18(22)17-5-4-15-12-14(6-7-19)2-3-16(15)13-17;1-19-7-9-20(10-8-19)18(22)17-5-4-15-12-14(6-11-21)2-3-16(15)13-17/h3-8,10,12,17-19H,9,11,13-16H2,2H3,(H,30,31);2-7,9,11,16-18H,8,10,12-15H2,1H3,(H,29,30);2-5,12-13H,6-11,19H2,1H3;2-5,12-13,21H,6-11H2,1H3. The lowest BCUT2D eigenvalue weighted by Crippen LogP contribution is -2.47. The van der Waals surface area contributed by atoms with Crippen LogP contribution in [0.2, 0.25) is 0 Å². The number of amides is 4. The summed E-state index contributed by atoms with van der Waals surface area (Å²) in [6.07, 6.45) is 6.99. The van der Waals surface area contributed by atoms with Gasteiger partial charge in [-0.25, -0.2) is 4.85 Å². The number of aliphatic hydroxyl groups is 1. The molecule has 10 aromatic carbocycles. The lowest BCUT2D eigenvalue weighted by Gasteiger charge is -2.32. The zero-order valence-electron chi connectivity index (χ0n) is 64.1. The van der Waals surface area contributed by atoms with Crippen molar-refractivity contribution in [3.05, 3.63) is 266 Å². The summed E-state index contributed by atoms with van der Waals surface area (Å²) >= 11 is 2.34. The fourth-order valence-electron chi connectivity index (χ4n) is 14.7. The van der Waals surface area contributed by atoms with Crippen molar-refractivity contribution in [1.29, 1.82) is 0 Å². The summed E-state index contributed by atoms with van der Waals surface area (Å²) < 4.78 is 1.20. The van der Waals surface area contributed by atoms with Crippen molar-refractivity contribution in [2.75, 3.05) is 170 Å². The summed E-state index contributed by atoms with van der Waals surface area (Å²) in [6, 6.07) is 65.3. The largest absolute Gasteiger partial charge is 0.396 e. The second kappa shape index (κ2) is 37.5. The van der Waals surface area contributed by atoms with Gasteiger partial charge in [-0.1, -0.05) is 103 Å². The molecule has 2 aromatic heterocycles. The van der Waals surface area contributed by atoms with E-state index in [1.807, 2.05) is 123 Å². The molecule has 4 saturated heterocycles. The maximum Gasteiger partial charge on any atom is 0.253 e. The lowest BCUT2D eigenvalue weighted by atomic mass is 10.0. The van der Waals surface area contributed by atoms with Crippen LogP contribution in [0.3, 0.4) is 0 Å². The molecule has 0 spiro atoms. The fourth-order valence-corrected chi connectivity index (χ4v) is 15.2. The second-order valence-corrected chi connectivity index (χ2v) is 30.8. The van der Waals surface area contributed by atoms with Gasteiger partial charge >= 0.3 is 0 Å². The van der Waals surface area contributed by atoms with Crippen LogP contribution in [0, 0.1) is 10.1 Å². The number of hydrogen-bond acceptors (Lipinski definition) is 14. The Kier molecular flexibility index (Phi) is 26.6. The van der Waals surface area contributed by atoms with E-state index in [4.69, 9.17) is 17.4 Å². The van der Waals surface area contributed by atoms with Gasteiger partial charge < -0.3 is 60.7 Å². The predicted octanol–water partition coefficient (Wildman–Crippen LogP) is 13.5. The molecule has 5 N–H and O–H groups in total. The number of nitrogens with two attached hydrogens (primary N) is 1. The molecule has 20 heteroatoms. The normalized spacial score (nSPS) is 15.2. The van der Waals surface area contributed by atoms with E-state index in [1.165, 1.54) is 31.0 Å². The van der Waals surface area contributed by atoms with Crippen LogP contribution < -0.4 is 16.4 Å². The Hall–Kier alpha value is -10.5. The zero-order valence-corrected chi connectivity index (χ0v) is 66.2. The number of anilines is 2. The van der Waals surface area contributed by atoms with E-state index in [9.17, 15) is 19.2 Å². The van der Waals surface area contributed by atoms with Gasteiger partial charge in [0.2, 0.25) is 0 Å². The molecule has 0 radical (unpaired) electrons. The van der Waals surface area contributed by atoms with Gasteiger partial charge in [0.25, 0.3) is 23.6 Å². The van der Waals surface area contributed by atoms with Crippen molar-refractivity contribution < 1.29 is 24.3 Å². The van der Waals surface area contributed by atoms with Crippen LogP contribution in [0.25, 0.3) is 69.7 Å². The Balaban J connectivity index is 0.000000132. The number of nitrogens with zero attached hydrogens (tertiary/aromatic N) is 11. The summed E-state index contributed by atoms with van der Waals surface area (Å²) in [7, 11) is 8.37. The number of aliphatic hydroxyl groups excluding tert-OH is 1. The zero-order chi connectivity index (χ0) is 77.3. The van der Waals surface area contributed by atoms with Gasteiger partial charge in [0.1, 0.15) is 0 Å². The third-order valence-electron chi connectivity index (χ3n) is 21.6. The molecule has 4 aliphatic rings. The maximum absolute atomic E-state index is 12.9. The molecule has 4 aliphatic heterocycles. The van der Waals surface area contributed by atoms with Gasteiger partial charge in [0.05, 0.1) is 17.6 Å². The summed E-state index contributed by atoms with van der Waals surface area (Å²) in [5, 5.41) is 27.2. The van der Waals surface area contributed by atoms with Gasteiger partial charge in [0, 0.05) is 185 Å². The number of carbonyl (C=O) groups is 4. The number of nitrogens with one attached hydrogen (secondary N) is 2. The van der Waals surface area contributed by atoms with E-state index < -0.39 is 0 Å². The van der Waals surface area contributed by atoms with Crippen molar-refractivity contribution in [3.63, 3.8) is 0 Å². The molecule has 19 nitrogen and oxygen atoms in total. The Labute approximate surface area is 664 Å². The van der Waals surface area contributed by atoms with E-state index in [-0.39, 0.29) is 30.2 Å². The van der Waals surface area contributed by atoms with Crippen molar-refractivity contribution >= 4 is 128 Å². The minimum atomic E-state index is 0.120. The van der Waals surface area contributed by atoms with Gasteiger partial charge in [-0.05, 0) is 239 Å². The van der Waals surface area contributed by atoms with Crippen LogP contribution in [-0.2, 0) is 25.7 Å². The number of benzene rings is 10. The third-order valence-corrected chi connectivity index (χ3v) is 22.3. The van der Waals surface area contributed by atoms with Gasteiger partial charge in [-0.3, -0.25) is 29.1 Å². The highest BCUT2D eigenvalue weighted by Gasteiger charge is 2.25. The number of carbonyl (C=O) groups excluding carboxylic acids is 4. The molecule has 12 aromatic rings. The van der Waals surface area contributed by atoms with E-state index in [1.54, 1.807) is 12.3 Å². The Morgan fingerprint density at radius 1 is 0.387 bits per heavy atom. The first-order valence-corrected chi connectivity index (χ1v) is 39.7. The molecular formula is C91H99IN14O5. The number of pyridine rings is 2.